The third-order valence-corrected chi connectivity index (χ3v) is 7.07. The fourth-order valence-corrected chi connectivity index (χ4v) is 6.00. The number of nitrogens with one attached hydrogen (secondary N) is 1. The Bertz CT molecular complexity index is 320. The normalized spacial score (nSPS) is 33.1. The molecule has 0 aliphatic heterocycles. The molecule has 2 aliphatic carbocycles. The zero-order chi connectivity index (χ0) is 11.6. The Kier molecular flexibility index (Phi) is 3.90. The summed E-state index contributed by atoms with van der Waals surface area (Å²) in [4.78, 5) is 0. The Morgan fingerprint density at radius 2 is 1.62 bits per heavy atom. The van der Waals surface area contributed by atoms with E-state index >= 15 is 0 Å². The quantitative estimate of drug-likeness (QED) is 0.825. The molecule has 4 heteroatoms. The lowest BCUT2D eigenvalue weighted by Gasteiger charge is -2.28. The fraction of sp³-hybridized carbons (Fsp3) is 1.00. The van der Waals surface area contributed by atoms with Gasteiger partial charge in [0.2, 0.25) is 0 Å². The first-order valence-electron chi connectivity index (χ1n) is 6.56. The van der Waals surface area contributed by atoms with E-state index in [-0.39, 0.29) is 16.5 Å². The van der Waals surface area contributed by atoms with Crippen molar-refractivity contribution in [2.45, 2.75) is 67.9 Å². The summed E-state index contributed by atoms with van der Waals surface area (Å²) in [7, 11) is -0.997. The monoisotopic (exact) mass is 245 g/mol. The van der Waals surface area contributed by atoms with Crippen molar-refractivity contribution in [3.63, 3.8) is 0 Å². The molecule has 94 valence electrons. The molecule has 0 bridgehead atoms. The zero-order valence-electron chi connectivity index (χ0n) is 10.1. The fourth-order valence-electron chi connectivity index (χ4n) is 3.29. The summed E-state index contributed by atoms with van der Waals surface area (Å²) in [5.41, 5.74) is 0. The lowest BCUT2D eigenvalue weighted by molar-refractivity contribution is 0.468. The van der Waals surface area contributed by atoms with Crippen LogP contribution < -0.4 is 5.32 Å². The molecule has 2 atom stereocenters. The van der Waals surface area contributed by atoms with Crippen LogP contribution >= 0.6 is 0 Å². The van der Waals surface area contributed by atoms with Gasteiger partial charge in [0, 0.05) is 6.04 Å². The van der Waals surface area contributed by atoms with E-state index in [1.165, 1.54) is 6.42 Å². The van der Waals surface area contributed by atoms with Gasteiger partial charge in [0.15, 0.2) is 9.84 Å². The summed E-state index contributed by atoms with van der Waals surface area (Å²) in [6.45, 7) is 0. The van der Waals surface area contributed by atoms with E-state index in [1.807, 2.05) is 7.05 Å². The highest BCUT2D eigenvalue weighted by Crippen LogP contribution is 2.33. The Balaban J connectivity index is 2.11. The van der Waals surface area contributed by atoms with Crippen molar-refractivity contribution in [1.82, 2.24) is 5.32 Å². The minimum atomic E-state index is -2.89. The van der Waals surface area contributed by atoms with Crippen LogP contribution in [-0.2, 0) is 9.84 Å². The average Bonchev–Trinajstić information content (AvgIpc) is 2.79. The van der Waals surface area contributed by atoms with E-state index in [4.69, 9.17) is 0 Å². The van der Waals surface area contributed by atoms with E-state index in [0.717, 1.165) is 44.9 Å². The molecule has 1 N–H and O–H groups in total. The molecule has 0 radical (unpaired) electrons. The van der Waals surface area contributed by atoms with E-state index in [9.17, 15) is 8.42 Å². The molecule has 16 heavy (non-hydrogen) atoms. The largest absolute Gasteiger partial charge is 0.316 e. The topological polar surface area (TPSA) is 46.2 Å². The first-order chi connectivity index (χ1) is 7.66. The first kappa shape index (κ1) is 12.4. The zero-order valence-corrected chi connectivity index (χ0v) is 10.9. The van der Waals surface area contributed by atoms with Gasteiger partial charge in [-0.15, -0.1) is 0 Å². The van der Waals surface area contributed by atoms with Crippen LogP contribution in [0.1, 0.15) is 51.4 Å². The second-order valence-electron chi connectivity index (χ2n) is 5.21. The minimum Gasteiger partial charge on any atom is -0.316 e. The molecular weight excluding hydrogens is 222 g/mol. The van der Waals surface area contributed by atoms with Crippen molar-refractivity contribution >= 4 is 9.84 Å². The summed E-state index contributed by atoms with van der Waals surface area (Å²) < 4.78 is 25.0. The Labute approximate surface area is 98.9 Å². The van der Waals surface area contributed by atoms with Crippen molar-refractivity contribution in [3.8, 4) is 0 Å². The molecule has 0 saturated heterocycles. The van der Waals surface area contributed by atoms with Crippen molar-refractivity contribution < 1.29 is 8.42 Å². The van der Waals surface area contributed by atoms with Gasteiger partial charge in [-0.25, -0.2) is 8.42 Å². The van der Waals surface area contributed by atoms with Gasteiger partial charge in [-0.05, 0) is 32.7 Å². The van der Waals surface area contributed by atoms with Gasteiger partial charge in [-0.3, -0.25) is 0 Å². The molecule has 2 unspecified atom stereocenters. The van der Waals surface area contributed by atoms with Gasteiger partial charge in [0.1, 0.15) is 0 Å². The summed E-state index contributed by atoms with van der Waals surface area (Å²) >= 11 is 0. The summed E-state index contributed by atoms with van der Waals surface area (Å²) in [6.07, 6.45) is 8.15. The van der Waals surface area contributed by atoms with Crippen LogP contribution in [0.3, 0.4) is 0 Å². The summed E-state index contributed by atoms with van der Waals surface area (Å²) in [5, 5.41) is 3.03. The van der Waals surface area contributed by atoms with Gasteiger partial charge < -0.3 is 5.32 Å². The Hall–Kier alpha value is -0.0900. The van der Waals surface area contributed by atoms with Gasteiger partial charge in [0.05, 0.1) is 10.5 Å². The molecular formula is C12H23NO2S. The molecule has 0 amide bonds. The smallest absolute Gasteiger partial charge is 0.157 e. The highest BCUT2D eigenvalue weighted by Gasteiger charge is 2.41. The van der Waals surface area contributed by atoms with Crippen molar-refractivity contribution in [2.75, 3.05) is 7.05 Å². The van der Waals surface area contributed by atoms with E-state index in [1.54, 1.807) is 0 Å². The highest BCUT2D eigenvalue weighted by molar-refractivity contribution is 7.92. The lowest BCUT2D eigenvalue weighted by Crippen LogP contribution is -2.43. The molecule has 2 aliphatic rings. The van der Waals surface area contributed by atoms with Gasteiger partial charge >= 0.3 is 0 Å². The SMILES string of the molecule is CNC1CCCC1S(=O)(=O)C1CCCCC1. The molecule has 2 saturated carbocycles. The Morgan fingerprint density at radius 1 is 0.938 bits per heavy atom. The molecule has 0 aromatic heterocycles. The van der Waals surface area contributed by atoms with E-state index in [2.05, 4.69) is 5.32 Å². The maximum Gasteiger partial charge on any atom is 0.157 e. The minimum absolute atomic E-state index is 0.0415. The van der Waals surface area contributed by atoms with Crippen molar-refractivity contribution in [1.29, 1.82) is 0 Å². The standard InChI is InChI=1S/C12H23NO2S/c1-13-11-8-5-9-12(11)16(14,15)10-6-3-2-4-7-10/h10-13H,2-9H2,1H3. The highest BCUT2D eigenvalue weighted by atomic mass is 32.2. The third kappa shape index (κ3) is 2.28. The predicted molar refractivity (Wildman–Crippen MR) is 66.3 cm³/mol. The molecule has 0 spiro atoms. The number of hydrogen-bond donors (Lipinski definition) is 1. The second-order valence-corrected chi connectivity index (χ2v) is 7.66. The van der Waals surface area contributed by atoms with Crippen molar-refractivity contribution in [2.24, 2.45) is 0 Å². The molecule has 0 aromatic rings. The first-order valence-corrected chi connectivity index (χ1v) is 8.17. The van der Waals surface area contributed by atoms with Crippen LogP contribution in [-0.4, -0.2) is 32.0 Å². The van der Waals surface area contributed by atoms with E-state index in [0.29, 0.717) is 0 Å². The average molecular weight is 245 g/mol. The molecule has 0 heterocycles. The van der Waals surface area contributed by atoms with Gasteiger partial charge in [-0.1, -0.05) is 25.7 Å². The molecule has 2 rings (SSSR count). The number of sulfone groups is 1. The molecule has 2 fully saturated rings. The maximum atomic E-state index is 12.5. The van der Waals surface area contributed by atoms with Crippen LogP contribution in [0.4, 0.5) is 0 Å². The molecule has 3 nitrogen and oxygen atoms in total. The van der Waals surface area contributed by atoms with Crippen LogP contribution in [0.2, 0.25) is 0 Å². The molecule has 0 aromatic carbocycles. The van der Waals surface area contributed by atoms with E-state index < -0.39 is 9.84 Å². The Morgan fingerprint density at radius 3 is 2.25 bits per heavy atom. The summed E-state index contributed by atoms with van der Waals surface area (Å²) in [6, 6.07) is 0.201. The van der Waals surface area contributed by atoms with Crippen LogP contribution in [0, 0.1) is 0 Å². The van der Waals surface area contributed by atoms with Crippen molar-refractivity contribution in [3.05, 3.63) is 0 Å². The van der Waals surface area contributed by atoms with Gasteiger partial charge in [0.25, 0.3) is 0 Å². The summed E-state index contributed by atoms with van der Waals surface area (Å²) in [5.74, 6) is 0. The number of rotatable bonds is 3. The number of hydrogen-bond acceptors (Lipinski definition) is 3. The predicted octanol–water partition coefficient (Wildman–Crippen LogP) is 1.87. The maximum absolute atomic E-state index is 12.5. The third-order valence-electron chi connectivity index (χ3n) is 4.26. The van der Waals surface area contributed by atoms with Crippen LogP contribution in [0.5, 0.6) is 0 Å². The van der Waals surface area contributed by atoms with Crippen LogP contribution in [0.15, 0.2) is 0 Å². The lowest BCUT2D eigenvalue weighted by atomic mass is 10.0. The van der Waals surface area contributed by atoms with Crippen LogP contribution in [0.25, 0.3) is 0 Å². The second kappa shape index (κ2) is 5.05. The van der Waals surface area contributed by atoms with Gasteiger partial charge in [-0.2, -0.15) is 0 Å².